The van der Waals surface area contributed by atoms with Crippen molar-refractivity contribution < 1.29 is 57.2 Å². The molecule has 17 nitrogen and oxygen atoms in total. The van der Waals surface area contributed by atoms with Gasteiger partial charge in [-0.1, -0.05) is 19.1 Å². The number of hydrogen-bond donors (Lipinski definition) is 1. The van der Waals surface area contributed by atoms with Crippen molar-refractivity contribution in [3.63, 3.8) is 0 Å². The molecule has 0 aliphatic carbocycles. The summed E-state index contributed by atoms with van der Waals surface area (Å²) < 4.78 is 34.4. The SMILES string of the molecule is CC(=O)OC[C@H]1OC(OC(C)=O)[C@H](n2cc(COc3ccc(NC(=O)[C@H](C(C)C)N(C)C=O)cc3)nn2)[C@@H](OC(C)=O)[C@@H]1OC(C)=O. The third-order valence-corrected chi connectivity index (χ3v) is 6.83. The Morgan fingerprint density at radius 3 is 2.13 bits per heavy atom. The van der Waals surface area contributed by atoms with E-state index < -0.39 is 67.2 Å². The maximum Gasteiger partial charge on any atom is 0.305 e. The fourth-order valence-electron chi connectivity index (χ4n) is 4.98. The number of nitrogens with zero attached hydrogens (tertiary/aromatic N) is 4. The number of rotatable bonds is 14. The smallest absolute Gasteiger partial charge is 0.305 e. The molecule has 2 heterocycles. The monoisotopic (exact) mass is 661 g/mol. The molecule has 0 radical (unpaired) electrons. The van der Waals surface area contributed by atoms with Crippen LogP contribution in [0.4, 0.5) is 5.69 Å². The fourth-order valence-corrected chi connectivity index (χ4v) is 4.98. The van der Waals surface area contributed by atoms with Gasteiger partial charge in [0.25, 0.3) is 0 Å². The standard InChI is InChI=1S/C30H39N5O12/c1-16(2)25(34(7)15-36)29(41)31-21-8-10-23(11-9-21)43-13-22-12-35(33-32-22)26-28(45-19(5)39)27(44-18(4)38)24(14-42-17(3)37)47-30(26)46-20(6)40/h8-12,15-16,24-28,30H,13-14H2,1-7H3,(H,31,41)/t24-,25+,26-,27-,28-,30?/m1/s1. The molecule has 1 aromatic carbocycles. The zero-order valence-electron chi connectivity index (χ0n) is 27.1. The average Bonchev–Trinajstić information content (AvgIpc) is 3.44. The van der Waals surface area contributed by atoms with Crippen LogP contribution in [0.1, 0.15) is 53.3 Å². The Bertz CT molecular complexity index is 1430. The maximum atomic E-state index is 12.7. The summed E-state index contributed by atoms with van der Waals surface area (Å²) in [6.45, 7) is 7.80. The molecule has 1 fully saturated rings. The van der Waals surface area contributed by atoms with Crippen molar-refractivity contribution in [2.45, 2.75) is 84.8 Å². The van der Waals surface area contributed by atoms with Crippen LogP contribution in [0.3, 0.4) is 0 Å². The Kier molecular flexibility index (Phi) is 12.8. The molecule has 1 aliphatic heterocycles. The second kappa shape index (κ2) is 16.5. The van der Waals surface area contributed by atoms with Gasteiger partial charge < -0.3 is 38.6 Å². The number of ether oxygens (including phenoxy) is 6. The number of hydrogen-bond acceptors (Lipinski definition) is 14. The van der Waals surface area contributed by atoms with Crippen LogP contribution in [-0.4, -0.2) is 100 Å². The minimum Gasteiger partial charge on any atom is -0.487 e. The van der Waals surface area contributed by atoms with Crippen LogP contribution < -0.4 is 10.1 Å². The van der Waals surface area contributed by atoms with E-state index in [1.54, 1.807) is 31.3 Å². The molecule has 2 amide bonds. The van der Waals surface area contributed by atoms with Crippen LogP contribution in [-0.2, 0) is 59.1 Å². The van der Waals surface area contributed by atoms with Gasteiger partial charge in [0.05, 0.1) is 6.20 Å². The van der Waals surface area contributed by atoms with Gasteiger partial charge in [-0.2, -0.15) is 0 Å². The van der Waals surface area contributed by atoms with Crippen LogP contribution in [0, 0.1) is 5.92 Å². The lowest BCUT2D eigenvalue weighted by Gasteiger charge is -2.44. The minimum absolute atomic E-state index is 0.0717. The largest absolute Gasteiger partial charge is 0.487 e. The van der Waals surface area contributed by atoms with Crippen LogP contribution in [0.25, 0.3) is 0 Å². The number of carbonyl (C=O) groups is 6. The first-order chi connectivity index (χ1) is 22.2. The molecule has 6 atom stereocenters. The van der Waals surface area contributed by atoms with Crippen LogP contribution >= 0.6 is 0 Å². The number of likely N-dealkylation sites (N-methyl/N-ethyl adjacent to an activating group) is 1. The number of nitrogens with one attached hydrogen (secondary N) is 1. The van der Waals surface area contributed by atoms with E-state index >= 15 is 0 Å². The zero-order chi connectivity index (χ0) is 34.8. The molecule has 0 bridgehead atoms. The van der Waals surface area contributed by atoms with Crippen LogP contribution in [0.15, 0.2) is 30.5 Å². The van der Waals surface area contributed by atoms with Gasteiger partial charge in [0.2, 0.25) is 18.6 Å². The fraction of sp³-hybridized carbons (Fsp3) is 0.533. The van der Waals surface area contributed by atoms with Crippen molar-refractivity contribution in [2.75, 3.05) is 19.0 Å². The minimum atomic E-state index is -1.43. The molecule has 3 rings (SSSR count). The average molecular weight is 662 g/mol. The third kappa shape index (κ3) is 10.2. The molecule has 1 N–H and O–H groups in total. The number of anilines is 1. The molecular weight excluding hydrogens is 622 g/mol. The molecule has 1 aliphatic rings. The molecule has 1 aromatic heterocycles. The van der Waals surface area contributed by atoms with E-state index in [4.69, 9.17) is 28.4 Å². The van der Waals surface area contributed by atoms with Gasteiger partial charge in [0, 0.05) is 40.4 Å². The van der Waals surface area contributed by atoms with E-state index in [-0.39, 0.29) is 18.4 Å². The number of esters is 4. The van der Waals surface area contributed by atoms with Gasteiger partial charge in [-0.05, 0) is 30.2 Å². The van der Waals surface area contributed by atoms with Gasteiger partial charge >= 0.3 is 23.9 Å². The van der Waals surface area contributed by atoms with Crippen molar-refractivity contribution in [1.82, 2.24) is 19.9 Å². The zero-order valence-corrected chi connectivity index (χ0v) is 27.1. The second-order valence-corrected chi connectivity index (χ2v) is 11.0. The highest BCUT2D eigenvalue weighted by Gasteiger charge is 2.53. The maximum absolute atomic E-state index is 12.7. The van der Waals surface area contributed by atoms with Crippen molar-refractivity contribution >= 4 is 41.9 Å². The summed E-state index contributed by atoms with van der Waals surface area (Å²) in [6, 6.07) is 4.70. The van der Waals surface area contributed by atoms with Gasteiger partial charge in [0.15, 0.2) is 18.2 Å². The predicted molar refractivity (Wildman–Crippen MR) is 159 cm³/mol. The van der Waals surface area contributed by atoms with Crippen LogP contribution in [0.5, 0.6) is 5.75 Å². The van der Waals surface area contributed by atoms with E-state index in [0.717, 1.165) is 20.8 Å². The van der Waals surface area contributed by atoms with E-state index in [0.29, 0.717) is 23.5 Å². The topological polar surface area (TPSA) is 204 Å². The number of benzene rings is 1. The highest BCUT2D eigenvalue weighted by atomic mass is 16.7. The van der Waals surface area contributed by atoms with Gasteiger partial charge in [-0.25, -0.2) is 4.68 Å². The number of amides is 2. The van der Waals surface area contributed by atoms with Gasteiger partial charge in [-0.3, -0.25) is 28.8 Å². The molecule has 47 heavy (non-hydrogen) atoms. The van der Waals surface area contributed by atoms with Gasteiger partial charge in [-0.15, -0.1) is 5.10 Å². The van der Waals surface area contributed by atoms with E-state index in [1.165, 1.54) is 22.7 Å². The van der Waals surface area contributed by atoms with E-state index in [1.807, 2.05) is 13.8 Å². The van der Waals surface area contributed by atoms with Crippen molar-refractivity contribution in [2.24, 2.45) is 5.92 Å². The van der Waals surface area contributed by atoms with E-state index in [2.05, 4.69) is 15.6 Å². The summed E-state index contributed by atoms with van der Waals surface area (Å²) in [5.41, 5.74) is 0.811. The molecule has 256 valence electrons. The summed E-state index contributed by atoms with van der Waals surface area (Å²) in [6.07, 6.45) is -3.15. The first-order valence-electron chi connectivity index (χ1n) is 14.6. The molecule has 0 spiro atoms. The first kappa shape index (κ1) is 36.4. The number of carbonyl (C=O) groups excluding carboxylic acids is 6. The summed E-state index contributed by atoms with van der Waals surface area (Å²) in [4.78, 5) is 73.0. The highest BCUT2D eigenvalue weighted by Crippen LogP contribution is 2.35. The Labute approximate surface area is 270 Å². The molecule has 1 unspecified atom stereocenters. The quantitative estimate of drug-likeness (QED) is 0.172. The molecule has 17 heteroatoms. The van der Waals surface area contributed by atoms with Gasteiger partial charge in [0.1, 0.15) is 36.8 Å². The Morgan fingerprint density at radius 1 is 0.957 bits per heavy atom. The molecule has 0 saturated carbocycles. The lowest BCUT2D eigenvalue weighted by atomic mass is 9.96. The Morgan fingerprint density at radius 2 is 1.57 bits per heavy atom. The lowest BCUT2D eigenvalue weighted by molar-refractivity contribution is -0.280. The second-order valence-electron chi connectivity index (χ2n) is 11.0. The Balaban J connectivity index is 1.80. The summed E-state index contributed by atoms with van der Waals surface area (Å²) >= 11 is 0. The molecular formula is C30H39N5O12. The normalized spacial score (nSPS) is 21.1. The molecule has 2 aromatic rings. The molecule has 1 saturated heterocycles. The summed E-state index contributed by atoms with van der Waals surface area (Å²) in [5, 5.41) is 11.0. The third-order valence-electron chi connectivity index (χ3n) is 6.83. The van der Waals surface area contributed by atoms with Crippen molar-refractivity contribution in [1.29, 1.82) is 0 Å². The lowest BCUT2D eigenvalue weighted by Crippen LogP contribution is -2.60. The van der Waals surface area contributed by atoms with Crippen molar-refractivity contribution in [3.05, 3.63) is 36.2 Å². The van der Waals surface area contributed by atoms with Crippen molar-refractivity contribution in [3.8, 4) is 5.75 Å². The summed E-state index contributed by atoms with van der Waals surface area (Å²) in [7, 11) is 1.54. The summed E-state index contributed by atoms with van der Waals surface area (Å²) in [5.74, 6) is -2.87. The first-order valence-corrected chi connectivity index (χ1v) is 14.6. The number of aromatic nitrogens is 3. The highest BCUT2D eigenvalue weighted by molar-refractivity contribution is 5.96. The predicted octanol–water partition coefficient (Wildman–Crippen LogP) is 1.16. The van der Waals surface area contributed by atoms with E-state index in [9.17, 15) is 28.8 Å². The Hall–Kier alpha value is -5.06. The van der Waals surface area contributed by atoms with Crippen LogP contribution in [0.2, 0.25) is 0 Å².